The number of nitrogens with one attached hydrogen (secondary N) is 1. The standard InChI is InChI=1S/C25H30F2N4O4.C18H16F2N2O3.C7H16N2O2/c1-15(2)14-31-21-12-18(24(32)29-20(25(33)34-5)8-9-30(3)4)23(10-16(21)13-28-31)35-22-7-6-17(26)11-19(22)27;1-10(2)9-22-15-7-13(18(23)24)17(5-11(15)8-21-22)25-16-4-3-12(19)6-14(16)20;1-9(2)5-4-6(8)7(10)11-3/h6-7,10-13,15,20H,8-9,14H2,1-5H3,(H,29,32);3-8,10H,9H2,1-2H3,(H,23,24);6H,4-5,8H2,1-3H3. The van der Waals surface area contributed by atoms with Gasteiger partial charge in [-0.25, -0.2) is 27.2 Å². The molecule has 71 heavy (non-hydrogen) atoms. The summed E-state index contributed by atoms with van der Waals surface area (Å²) in [6.45, 7) is 10.7. The largest absolute Gasteiger partial charge is 0.478 e. The molecule has 21 heteroatoms. The zero-order chi connectivity index (χ0) is 52.7. The highest BCUT2D eigenvalue weighted by molar-refractivity contribution is 6.02. The summed E-state index contributed by atoms with van der Waals surface area (Å²) in [4.78, 5) is 51.9. The van der Waals surface area contributed by atoms with Crippen molar-refractivity contribution in [1.82, 2.24) is 34.7 Å². The molecule has 2 atom stereocenters. The van der Waals surface area contributed by atoms with Crippen LogP contribution in [0.5, 0.6) is 23.0 Å². The van der Waals surface area contributed by atoms with Crippen LogP contribution in [0.4, 0.5) is 17.6 Å². The zero-order valence-electron chi connectivity index (χ0n) is 41.5. The number of carbonyl (C=O) groups is 4. The molecule has 4 aromatic carbocycles. The molecule has 4 N–H and O–H groups in total. The van der Waals surface area contributed by atoms with Crippen LogP contribution in [0.15, 0.2) is 73.1 Å². The Labute approximate surface area is 409 Å². The Kier molecular flexibility index (Phi) is 20.8. The third kappa shape index (κ3) is 16.5. The first kappa shape index (κ1) is 56.5. The molecule has 1 amide bonds. The van der Waals surface area contributed by atoms with Gasteiger partial charge >= 0.3 is 17.9 Å². The molecular weight excluding hydrogens is 933 g/mol. The number of benzene rings is 4. The molecule has 384 valence electrons. The van der Waals surface area contributed by atoms with Gasteiger partial charge in [-0.1, -0.05) is 27.7 Å². The number of aromatic nitrogens is 4. The number of fused-ring (bicyclic) bond motifs is 2. The summed E-state index contributed by atoms with van der Waals surface area (Å²) < 4.78 is 78.4. The van der Waals surface area contributed by atoms with Crippen LogP contribution in [0.3, 0.4) is 0 Å². The number of aromatic carboxylic acids is 1. The van der Waals surface area contributed by atoms with Crippen molar-refractivity contribution in [3.05, 3.63) is 107 Å². The fourth-order valence-corrected chi connectivity index (χ4v) is 6.74. The van der Waals surface area contributed by atoms with Crippen LogP contribution in [0.1, 0.15) is 61.3 Å². The normalized spacial score (nSPS) is 12.0. The van der Waals surface area contributed by atoms with Gasteiger partial charge in [0.15, 0.2) is 23.1 Å². The Morgan fingerprint density at radius 3 is 1.49 bits per heavy atom. The number of ether oxygens (including phenoxy) is 4. The monoisotopic (exact) mass is 994 g/mol. The molecule has 2 unspecified atom stereocenters. The number of nitrogens with zero attached hydrogens (tertiary/aromatic N) is 6. The summed E-state index contributed by atoms with van der Waals surface area (Å²) in [5.74, 6) is -5.90. The van der Waals surface area contributed by atoms with E-state index >= 15 is 0 Å². The lowest BCUT2D eigenvalue weighted by Gasteiger charge is -2.20. The van der Waals surface area contributed by atoms with Gasteiger partial charge in [-0.05, 0) is 108 Å². The van der Waals surface area contributed by atoms with Gasteiger partial charge in [-0.3, -0.25) is 19.0 Å². The molecule has 2 heterocycles. The van der Waals surface area contributed by atoms with E-state index in [0.717, 1.165) is 30.8 Å². The Morgan fingerprint density at radius 1 is 0.648 bits per heavy atom. The quantitative estimate of drug-likeness (QED) is 0.0522. The minimum Gasteiger partial charge on any atom is -0.478 e. The summed E-state index contributed by atoms with van der Waals surface area (Å²) in [5.41, 5.74) is 6.76. The van der Waals surface area contributed by atoms with Crippen LogP contribution in [-0.4, -0.2) is 126 Å². The molecule has 0 aliphatic heterocycles. The van der Waals surface area contributed by atoms with Crippen molar-refractivity contribution in [2.75, 3.05) is 55.5 Å². The van der Waals surface area contributed by atoms with E-state index < -0.39 is 53.2 Å². The number of hydrogen-bond donors (Lipinski definition) is 3. The molecule has 6 aromatic rings. The number of esters is 2. The SMILES string of the molecule is CC(C)Cn1ncc2cc(Oc3ccc(F)cc3F)c(C(=O)O)cc21.COC(=O)C(CCN(C)C)NC(=O)c1cc2c(cnn2CC(C)C)cc1Oc1ccc(F)cc1F.COC(=O)C(N)CCN(C)C. The second-order valence-corrected chi connectivity index (χ2v) is 17.8. The number of carboxylic acid groups (broad SMARTS) is 1. The molecule has 6 rings (SSSR count). The molecule has 17 nitrogen and oxygen atoms in total. The third-order valence-electron chi connectivity index (χ3n) is 10.3. The number of rotatable bonds is 19. The highest BCUT2D eigenvalue weighted by atomic mass is 19.1. The number of halogens is 4. The minimum atomic E-state index is -1.21. The first-order valence-electron chi connectivity index (χ1n) is 22.5. The van der Waals surface area contributed by atoms with Crippen molar-refractivity contribution in [2.45, 2.75) is 65.7 Å². The lowest BCUT2D eigenvalue weighted by atomic mass is 10.1. The third-order valence-corrected chi connectivity index (χ3v) is 10.3. The Hall–Kier alpha value is -7.10. The molecule has 0 fully saturated rings. The average Bonchev–Trinajstić information content (AvgIpc) is 3.89. The Bertz CT molecular complexity index is 2780. The molecule has 0 aliphatic rings. The molecule has 0 saturated carbocycles. The maximum absolute atomic E-state index is 14.3. The topological polar surface area (TPSA) is 206 Å². The van der Waals surface area contributed by atoms with E-state index in [1.807, 2.05) is 65.7 Å². The molecule has 0 bridgehead atoms. The predicted molar refractivity (Wildman–Crippen MR) is 259 cm³/mol. The van der Waals surface area contributed by atoms with Crippen molar-refractivity contribution in [1.29, 1.82) is 0 Å². The van der Waals surface area contributed by atoms with E-state index in [9.17, 15) is 41.8 Å². The van der Waals surface area contributed by atoms with Crippen LogP contribution < -0.4 is 20.5 Å². The fraction of sp³-hybridized carbons (Fsp3) is 0.400. The molecule has 0 spiro atoms. The second-order valence-electron chi connectivity index (χ2n) is 17.8. The lowest BCUT2D eigenvalue weighted by molar-refractivity contribution is -0.143. The summed E-state index contributed by atoms with van der Waals surface area (Å²) in [5, 5.41) is 22.2. The number of hydrogen-bond acceptors (Lipinski definition) is 13. The average molecular weight is 995 g/mol. The van der Waals surface area contributed by atoms with Crippen molar-refractivity contribution >= 4 is 45.6 Å². The summed E-state index contributed by atoms with van der Waals surface area (Å²) in [6, 6.07) is 10.5. The van der Waals surface area contributed by atoms with E-state index in [2.05, 4.69) is 20.3 Å². The van der Waals surface area contributed by atoms with Gasteiger partial charge < -0.3 is 44.9 Å². The van der Waals surface area contributed by atoms with Gasteiger partial charge in [0, 0.05) is 42.5 Å². The van der Waals surface area contributed by atoms with Gasteiger partial charge in [0.1, 0.15) is 40.8 Å². The number of carbonyl (C=O) groups excluding carboxylic acids is 3. The first-order valence-corrected chi connectivity index (χ1v) is 22.5. The van der Waals surface area contributed by atoms with Crippen molar-refractivity contribution < 1.29 is 60.8 Å². The minimum absolute atomic E-state index is 0.0328. The van der Waals surface area contributed by atoms with Gasteiger partial charge in [0.05, 0.1) is 43.2 Å². The van der Waals surface area contributed by atoms with Crippen LogP contribution in [0.25, 0.3) is 21.8 Å². The van der Waals surface area contributed by atoms with E-state index in [1.165, 1.54) is 26.4 Å². The lowest BCUT2D eigenvalue weighted by Crippen LogP contribution is -2.43. The van der Waals surface area contributed by atoms with Gasteiger partial charge in [0.25, 0.3) is 5.91 Å². The van der Waals surface area contributed by atoms with Gasteiger partial charge in [-0.2, -0.15) is 10.2 Å². The highest BCUT2D eigenvalue weighted by Gasteiger charge is 2.26. The van der Waals surface area contributed by atoms with E-state index in [4.69, 9.17) is 19.9 Å². The zero-order valence-corrected chi connectivity index (χ0v) is 41.5. The van der Waals surface area contributed by atoms with Crippen LogP contribution in [0, 0.1) is 35.1 Å². The number of amides is 1. The molecular formula is C50H62F4N8O9. The van der Waals surface area contributed by atoms with Crippen molar-refractivity contribution in [2.24, 2.45) is 17.6 Å². The summed E-state index contributed by atoms with van der Waals surface area (Å²) in [6.07, 6.45) is 4.18. The van der Waals surface area contributed by atoms with Crippen LogP contribution in [-0.2, 0) is 32.2 Å². The molecule has 0 aliphatic carbocycles. The maximum atomic E-state index is 14.3. The number of carboxylic acids is 1. The number of methoxy groups -OCH3 is 2. The first-order chi connectivity index (χ1) is 33.5. The van der Waals surface area contributed by atoms with Crippen LogP contribution >= 0.6 is 0 Å². The van der Waals surface area contributed by atoms with Gasteiger partial charge in [0.2, 0.25) is 0 Å². The Balaban J connectivity index is 0.000000264. The second kappa shape index (κ2) is 26.2. The van der Waals surface area contributed by atoms with Crippen molar-refractivity contribution in [3.63, 3.8) is 0 Å². The molecule has 0 radical (unpaired) electrons. The van der Waals surface area contributed by atoms with Crippen molar-refractivity contribution in [3.8, 4) is 23.0 Å². The predicted octanol–water partition coefficient (Wildman–Crippen LogP) is 7.89. The number of nitrogens with two attached hydrogens (primary N) is 1. The van der Waals surface area contributed by atoms with Gasteiger partial charge in [-0.15, -0.1) is 0 Å². The smallest absolute Gasteiger partial charge is 0.339 e. The maximum Gasteiger partial charge on any atom is 0.339 e. The summed E-state index contributed by atoms with van der Waals surface area (Å²) >= 11 is 0. The van der Waals surface area contributed by atoms with Crippen LogP contribution in [0.2, 0.25) is 0 Å². The Morgan fingerprint density at radius 2 is 1.08 bits per heavy atom. The van der Waals surface area contributed by atoms with E-state index in [1.54, 1.807) is 33.9 Å². The summed E-state index contributed by atoms with van der Waals surface area (Å²) in [7, 11) is 10.2. The fourth-order valence-electron chi connectivity index (χ4n) is 6.74. The van der Waals surface area contributed by atoms with E-state index in [0.29, 0.717) is 78.3 Å². The highest BCUT2D eigenvalue weighted by Crippen LogP contribution is 2.34. The molecule has 0 saturated heterocycles. The molecule has 2 aromatic heterocycles. The van der Waals surface area contributed by atoms with E-state index in [-0.39, 0.29) is 40.1 Å².